The summed E-state index contributed by atoms with van der Waals surface area (Å²) < 4.78 is 0. The Kier molecular flexibility index (Phi) is 4.17. The minimum Gasteiger partial charge on any atom is -0.352 e. The van der Waals surface area contributed by atoms with Crippen LogP contribution in [-0.2, 0) is 17.8 Å². The second-order valence-corrected chi connectivity index (χ2v) is 5.12. The lowest BCUT2D eigenvalue weighted by Crippen LogP contribution is -2.25. The molecule has 5 nitrogen and oxygen atoms in total. The van der Waals surface area contributed by atoms with E-state index >= 15 is 0 Å². The molecule has 0 saturated heterocycles. The number of aryl methyl sites for hydroxylation is 4. The lowest BCUT2D eigenvalue weighted by Gasteiger charge is -2.08. The van der Waals surface area contributed by atoms with Crippen LogP contribution >= 0.6 is 0 Å². The van der Waals surface area contributed by atoms with Crippen LogP contribution in [0.4, 0.5) is 0 Å². The predicted molar refractivity (Wildman–Crippen MR) is 77.3 cm³/mol. The highest BCUT2D eigenvalue weighted by atomic mass is 16.1. The van der Waals surface area contributed by atoms with Gasteiger partial charge in [-0.15, -0.1) is 0 Å². The molecule has 0 spiro atoms. The summed E-state index contributed by atoms with van der Waals surface area (Å²) in [5.41, 5.74) is 5.98. The summed E-state index contributed by atoms with van der Waals surface area (Å²) in [6.07, 6.45) is 2.17. The first-order chi connectivity index (χ1) is 9.47. The Balaban J connectivity index is 1.96. The molecule has 0 aliphatic carbocycles. The number of carbonyl (C=O) groups is 1. The van der Waals surface area contributed by atoms with Gasteiger partial charge in [-0.05, 0) is 44.9 Å². The molecule has 1 amide bonds. The highest BCUT2D eigenvalue weighted by Crippen LogP contribution is 2.11. The van der Waals surface area contributed by atoms with Gasteiger partial charge in [0.1, 0.15) is 0 Å². The number of nitrogens with zero attached hydrogens (tertiary/aromatic N) is 2. The van der Waals surface area contributed by atoms with E-state index in [9.17, 15) is 4.79 Å². The third-order valence-corrected chi connectivity index (χ3v) is 3.45. The van der Waals surface area contributed by atoms with E-state index in [1.54, 1.807) is 0 Å². The highest BCUT2D eigenvalue weighted by molar-refractivity contribution is 5.79. The van der Waals surface area contributed by atoms with Crippen molar-refractivity contribution >= 4 is 5.91 Å². The lowest BCUT2D eigenvalue weighted by atomic mass is 10.1. The second kappa shape index (κ2) is 5.86. The van der Waals surface area contributed by atoms with E-state index in [2.05, 4.69) is 20.5 Å². The van der Waals surface area contributed by atoms with Gasteiger partial charge in [0.05, 0.1) is 12.1 Å². The number of H-pyrrole nitrogens is 1. The standard InChI is InChI=1S/C15H20N4O/c1-9-5-10(2)16-7-13(9)8-17-15(20)6-14-11(3)18-19-12(14)4/h5,7H,6,8H2,1-4H3,(H,17,20)(H,18,19). The molecular weight excluding hydrogens is 252 g/mol. The van der Waals surface area contributed by atoms with E-state index in [1.165, 1.54) is 0 Å². The van der Waals surface area contributed by atoms with Crippen LogP contribution in [0.1, 0.15) is 33.8 Å². The van der Waals surface area contributed by atoms with Gasteiger partial charge >= 0.3 is 0 Å². The summed E-state index contributed by atoms with van der Waals surface area (Å²) >= 11 is 0. The average Bonchev–Trinajstić information content (AvgIpc) is 2.69. The van der Waals surface area contributed by atoms with Crippen LogP contribution < -0.4 is 5.32 Å². The summed E-state index contributed by atoms with van der Waals surface area (Å²) in [7, 11) is 0. The van der Waals surface area contributed by atoms with Gasteiger partial charge in [-0.2, -0.15) is 5.10 Å². The van der Waals surface area contributed by atoms with E-state index in [-0.39, 0.29) is 5.91 Å². The van der Waals surface area contributed by atoms with E-state index in [4.69, 9.17) is 0 Å². The number of rotatable bonds is 4. The quantitative estimate of drug-likeness (QED) is 0.893. The molecule has 20 heavy (non-hydrogen) atoms. The maximum atomic E-state index is 12.0. The van der Waals surface area contributed by atoms with Gasteiger partial charge in [0.2, 0.25) is 5.91 Å². The third-order valence-electron chi connectivity index (χ3n) is 3.45. The smallest absolute Gasteiger partial charge is 0.224 e. The van der Waals surface area contributed by atoms with Gasteiger partial charge < -0.3 is 5.32 Å². The molecule has 0 bridgehead atoms. The van der Waals surface area contributed by atoms with Crippen molar-refractivity contribution in [3.05, 3.63) is 46.0 Å². The zero-order valence-corrected chi connectivity index (χ0v) is 12.4. The molecule has 0 unspecified atom stereocenters. The first-order valence-electron chi connectivity index (χ1n) is 6.66. The fourth-order valence-corrected chi connectivity index (χ4v) is 2.16. The van der Waals surface area contributed by atoms with Gasteiger partial charge in [-0.3, -0.25) is 14.9 Å². The minimum atomic E-state index is -0.00225. The number of nitrogens with one attached hydrogen (secondary N) is 2. The number of carbonyl (C=O) groups excluding carboxylic acids is 1. The number of pyridine rings is 1. The van der Waals surface area contributed by atoms with Crippen molar-refractivity contribution in [1.29, 1.82) is 0 Å². The Morgan fingerprint density at radius 1 is 1.30 bits per heavy atom. The molecule has 2 rings (SSSR count). The topological polar surface area (TPSA) is 70.7 Å². The van der Waals surface area contributed by atoms with Crippen molar-refractivity contribution < 1.29 is 4.79 Å². The number of hydrogen-bond donors (Lipinski definition) is 2. The van der Waals surface area contributed by atoms with Gasteiger partial charge in [0, 0.05) is 29.7 Å². The minimum absolute atomic E-state index is 0.00225. The zero-order chi connectivity index (χ0) is 14.7. The molecule has 0 aromatic carbocycles. The Bertz CT molecular complexity index is 611. The first kappa shape index (κ1) is 14.2. The second-order valence-electron chi connectivity index (χ2n) is 5.12. The van der Waals surface area contributed by atoms with Gasteiger partial charge in [0.25, 0.3) is 0 Å². The van der Waals surface area contributed by atoms with Gasteiger partial charge in [-0.1, -0.05) is 0 Å². The number of aromatic nitrogens is 3. The summed E-state index contributed by atoms with van der Waals surface area (Å²) in [6, 6.07) is 2.02. The van der Waals surface area contributed by atoms with Crippen LogP contribution in [0.3, 0.4) is 0 Å². The molecule has 0 fully saturated rings. The van der Waals surface area contributed by atoms with Crippen LogP contribution in [0.5, 0.6) is 0 Å². The Labute approximate surface area is 118 Å². The Morgan fingerprint density at radius 2 is 2.05 bits per heavy atom. The van der Waals surface area contributed by atoms with E-state index < -0.39 is 0 Å². The molecule has 2 aromatic heterocycles. The van der Waals surface area contributed by atoms with E-state index in [0.29, 0.717) is 13.0 Å². The summed E-state index contributed by atoms with van der Waals surface area (Å²) in [5.74, 6) is -0.00225. The lowest BCUT2D eigenvalue weighted by molar-refractivity contribution is -0.120. The van der Waals surface area contributed by atoms with Crippen LogP contribution in [0.2, 0.25) is 0 Å². The maximum absolute atomic E-state index is 12.0. The normalized spacial score (nSPS) is 10.6. The zero-order valence-electron chi connectivity index (χ0n) is 12.4. The van der Waals surface area contributed by atoms with Crippen LogP contribution in [-0.4, -0.2) is 21.1 Å². The summed E-state index contributed by atoms with van der Waals surface area (Å²) in [4.78, 5) is 16.2. The molecule has 0 aliphatic rings. The SMILES string of the molecule is Cc1cc(C)c(CNC(=O)Cc2c(C)n[nH]c2C)cn1. The van der Waals surface area contributed by atoms with Crippen molar-refractivity contribution in [3.8, 4) is 0 Å². The van der Waals surface area contributed by atoms with Crippen molar-refractivity contribution in [2.24, 2.45) is 0 Å². The molecule has 106 valence electrons. The molecule has 0 saturated carbocycles. The summed E-state index contributed by atoms with van der Waals surface area (Å²) in [6.45, 7) is 8.32. The number of hydrogen-bond acceptors (Lipinski definition) is 3. The number of aromatic amines is 1. The molecule has 2 heterocycles. The number of amides is 1. The Hall–Kier alpha value is -2.17. The van der Waals surface area contributed by atoms with Crippen molar-refractivity contribution in [2.45, 2.75) is 40.7 Å². The molecule has 2 aromatic rings. The van der Waals surface area contributed by atoms with Crippen LogP contribution in [0.25, 0.3) is 0 Å². The van der Waals surface area contributed by atoms with Crippen molar-refractivity contribution in [2.75, 3.05) is 0 Å². The molecule has 0 aliphatic heterocycles. The fraction of sp³-hybridized carbons (Fsp3) is 0.400. The van der Waals surface area contributed by atoms with Gasteiger partial charge in [-0.25, -0.2) is 0 Å². The average molecular weight is 272 g/mol. The Morgan fingerprint density at radius 3 is 2.65 bits per heavy atom. The fourth-order valence-electron chi connectivity index (χ4n) is 2.16. The maximum Gasteiger partial charge on any atom is 0.224 e. The molecule has 0 atom stereocenters. The highest BCUT2D eigenvalue weighted by Gasteiger charge is 2.11. The predicted octanol–water partition coefficient (Wildman–Crippen LogP) is 1.90. The first-order valence-corrected chi connectivity index (χ1v) is 6.66. The monoisotopic (exact) mass is 272 g/mol. The van der Waals surface area contributed by atoms with E-state index in [0.717, 1.165) is 33.8 Å². The van der Waals surface area contributed by atoms with Crippen molar-refractivity contribution in [1.82, 2.24) is 20.5 Å². The summed E-state index contributed by atoms with van der Waals surface area (Å²) in [5, 5.41) is 9.92. The van der Waals surface area contributed by atoms with Crippen LogP contribution in [0.15, 0.2) is 12.3 Å². The molecule has 0 radical (unpaired) electrons. The van der Waals surface area contributed by atoms with E-state index in [1.807, 2.05) is 40.0 Å². The van der Waals surface area contributed by atoms with Gasteiger partial charge in [0.15, 0.2) is 0 Å². The molecular formula is C15H20N4O. The largest absolute Gasteiger partial charge is 0.352 e. The molecule has 5 heteroatoms. The van der Waals surface area contributed by atoms with Crippen molar-refractivity contribution in [3.63, 3.8) is 0 Å². The third kappa shape index (κ3) is 3.23. The molecule has 2 N–H and O–H groups in total. The van der Waals surface area contributed by atoms with Crippen LogP contribution in [0, 0.1) is 27.7 Å².